The number of ether oxygens (including phenoxy) is 2. The van der Waals surface area contributed by atoms with E-state index in [1.807, 2.05) is 0 Å². The highest BCUT2D eigenvalue weighted by Gasteiger charge is 2.12. The average Bonchev–Trinajstić information content (AvgIpc) is 3.08. The van der Waals surface area contributed by atoms with Crippen LogP contribution in [0, 0.1) is 0 Å². The molecule has 0 atom stereocenters. The molecule has 26 heavy (non-hydrogen) atoms. The van der Waals surface area contributed by atoms with E-state index in [-0.39, 0.29) is 5.56 Å². The number of aromatic nitrogens is 2. The number of methoxy groups -OCH3 is 2. The summed E-state index contributed by atoms with van der Waals surface area (Å²) in [7, 11) is 2.60. The van der Waals surface area contributed by atoms with Crippen LogP contribution in [0.1, 0.15) is 20.7 Å². The van der Waals surface area contributed by atoms with E-state index in [2.05, 4.69) is 5.10 Å². The number of aromatic amines is 1. The van der Waals surface area contributed by atoms with E-state index in [0.717, 1.165) is 0 Å². The van der Waals surface area contributed by atoms with Crippen molar-refractivity contribution in [1.29, 1.82) is 0 Å². The molecule has 1 aromatic heterocycles. The fourth-order valence-corrected chi connectivity index (χ4v) is 2.56. The van der Waals surface area contributed by atoms with Crippen LogP contribution in [0.15, 0.2) is 59.4 Å². The van der Waals surface area contributed by atoms with Gasteiger partial charge in [0.25, 0.3) is 5.56 Å². The molecule has 0 bridgehead atoms. The Morgan fingerprint density at radius 3 is 2.15 bits per heavy atom. The van der Waals surface area contributed by atoms with Crippen molar-refractivity contribution < 1.29 is 19.1 Å². The summed E-state index contributed by atoms with van der Waals surface area (Å²) in [5.41, 5.74) is 2.10. The van der Waals surface area contributed by atoms with Gasteiger partial charge in [0.1, 0.15) is 0 Å². The summed E-state index contributed by atoms with van der Waals surface area (Å²) in [6.45, 7) is 0. The Labute approximate surface area is 148 Å². The molecule has 0 aliphatic rings. The lowest BCUT2D eigenvalue weighted by Crippen LogP contribution is -2.14. The van der Waals surface area contributed by atoms with Crippen molar-refractivity contribution in [1.82, 2.24) is 9.78 Å². The fraction of sp³-hybridized carbons (Fsp3) is 0.105. The topological polar surface area (TPSA) is 90.4 Å². The maximum Gasteiger partial charge on any atom is 0.337 e. The molecule has 0 saturated carbocycles. The number of H-pyrrole nitrogens is 1. The minimum Gasteiger partial charge on any atom is -0.465 e. The molecule has 7 heteroatoms. The summed E-state index contributed by atoms with van der Waals surface area (Å²) in [6, 6.07) is 14.7. The van der Waals surface area contributed by atoms with E-state index in [9.17, 15) is 14.4 Å². The Morgan fingerprint density at radius 2 is 1.50 bits per heavy atom. The third-order valence-corrected chi connectivity index (χ3v) is 3.84. The van der Waals surface area contributed by atoms with Crippen LogP contribution in [0.4, 0.5) is 0 Å². The molecule has 1 N–H and O–H groups in total. The number of carbonyl (C=O) groups excluding carboxylic acids is 2. The number of rotatable bonds is 4. The molecule has 1 heterocycles. The van der Waals surface area contributed by atoms with Gasteiger partial charge in [0.05, 0.1) is 36.7 Å². The van der Waals surface area contributed by atoms with Crippen molar-refractivity contribution in [2.75, 3.05) is 14.2 Å². The minimum absolute atomic E-state index is 0.300. The minimum atomic E-state index is -0.488. The summed E-state index contributed by atoms with van der Waals surface area (Å²) in [5, 5.41) is 2.98. The first-order valence-corrected chi connectivity index (χ1v) is 7.73. The molecule has 0 fully saturated rings. The van der Waals surface area contributed by atoms with Gasteiger partial charge in [-0.05, 0) is 30.3 Å². The van der Waals surface area contributed by atoms with Gasteiger partial charge in [0, 0.05) is 11.6 Å². The smallest absolute Gasteiger partial charge is 0.337 e. The molecule has 0 aliphatic heterocycles. The normalized spacial score (nSPS) is 10.4. The molecule has 2 aromatic carbocycles. The second kappa shape index (κ2) is 7.10. The van der Waals surface area contributed by atoms with Crippen LogP contribution in [-0.4, -0.2) is 35.9 Å². The first-order valence-electron chi connectivity index (χ1n) is 7.73. The Hall–Kier alpha value is -3.61. The molecule has 3 aromatic rings. The van der Waals surface area contributed by atoms with Crippen molar-refractivity contribution in [2.45, 2.75) is 0 Å². The van der Waals surface area contributed by atoms with Gasteiger partial charge in [-0.1, -0.05) is 18.2 Å². The van der Waals surface area contributed by atoms with Crippen LogP contribution in [0.5, 0.6) is 0 Å². The van der Waals surface area contributed by atoms with Gasteiger partial charge < -0.3 is 9.47 Å². The molecular weight excluding hydrogens is 336 g/mol. The van der Waals surface area contributed by atoms with Crippen molar-refractivity contribution in [3.63, 3.8) is 0 Å². The maximum absolute atomic E-state index is 12.4. The fourth-order valence-electron chi connectivity index (χ4n) is 2.56. The van der Waals surface area contributed by atoms with Crippen molar-refractivity contribution in [3.8, 4) is 16.9 Å². The van der Waals surface area contributed by atoms with Gasteiger partial charge in [0.15, 0.2) is 0 Å². The molecule has 0 radical (unpaired) electrons. The zero-order chi connectivity index (χ0) is 18.7. The van der Waals surface area contributed by atoms with Gasteiger partial charge in [0.2, 0.25) is 0 Å². The third-order valence-electron chi connectivity index (χ3n) is 3.84. The molecule has 132 valence electrons. The van der Waals surface area contributed by atoms with E-state index in [1.54, 1.807) is 48.5 Å². The van der Waals surface area contributed by atoms with Crippen LogP contribution >= 0.6 is 0 Å². The number of carbonyl (C=O) groups is 2. The molecule has 0 unspecified atom stereocenters. The van der Waals surface area contributed by atoms with Crippen LogP contribution in [0.2, 0.25) is 0 Å². The highest BCUT2D eigenvalue weighted by atomic mass is 16.5. The number of hydrogen-bond donors (Lipinski definition) is 1. The van der Waals surface area contributed by atoms with Gasteiger partial charge in [-0.15, -0.1) is 0 Å². The first-order chi connectivity index (χ1) is 12.5. The molecule has 0 saturated heterocycles. The highest BCUT2D eigenvalue weighted by molar-refractivity contribution is 5.91. The zero-order valence-electron chi connectivity index (χ0n) is 14.2. The quantitative estimate of drug-likeness (QED) is 0.728. The lowest BCUT2D eigenvalue weighted by molar-refractivity contribution is 0.0592. The second-order valence-electron chi connectivity index (χ2n) is 5.46. The largest absolute Gasteiger partial charge is 0.465 e. The average molecular weight is 352 g/mol. The van der Waals surface area contributed by atoms with Crippen molar-refractivity contribution in [3.05, 3.63) is 76.1 Å². The van der Waals surface area contributed by atoms with E-state index in [4.69, 9.17) is 9.47 Å². The number of nitrogens with one attached hydrogen (secondary N) is 1. The SMILES string of the molecule is COC(=O)c1cccc(-c2cc(=O)n(-c3cccc(C(=O)OC)c3)[nH]2)c1. The molecule has 3 rings (SSSR count). The predicted molar refractivity (Wildman–Crippen MR) is 94.5 cm³/mol. The Balaban J connectivity index is 2.02. The summed E-state index contributed by atoms with van der Waals surface area (Å²) >= 11 is 0. The van der Waals surface area contributed by atoms with Crippen molar-refractivity contribution >= 4 is 11.9 Å². The van der Waals surface area contributed by atoms with E-state index in [1.165, 1.54) is 25.0 Å². The first kappa shape index (κ1) is 17.2. The Morgan fingerprint density at radius 1 is 0.885 bits per heavy atom. The van der Waals surface area contributed by atoms with E-state index in [0.29, 0.717) is 28.1 Å². The van der Waals surface area contributed by atoms with Crippen LogP contribution in [0.25, 0.3) is 16.9 Å². The summed E-state index contributed by atoms with van der Waals surface area (Å²) in [5.74, 6) is -0.947. The van der Waals surface area contributed by atoms with Crippen molar-refractivity contribution in [2.24, 2.45) is 0 Å². The Kier molecular flexibility index (Phi) is 4.70. The zero-order valence-corrected chi connectivity index (χ0v) is 14.2. The molecule has 7 nitrogen and oxygen atoms in total. The van der Waals surface area contributed by atoms with Gasteiger partial charge in [-0.25, -0.2) is 14.3 Å². The van der Waals surface area contributed by atoms with Crippen LogP contribution in [-0.2, 0) is 9.47 Å². The molecule has 0 aliphatic carbocycles. The number of esters is 2. The second-order valence-corrected chi connectivity index (χ2v) is 5.46. The third kappa shape index (κ3) is 3.27. The maximum atomic E-state index is 12.4. The summed E-state index contributed by atoms with van der Waals surface area (Å²) < 4.78 is 10.7. The monoisotopic (exact) mass is 352 g/mol. The van der Waals surface area contributed by atoms with E-state index < -0.39 is 11.9 Å². The Bertz CT molecular complexity index is 1030. The molecular formula is C19H16N2O5. The lowest BCUT2D eigenvalue weighted by atomic mass is 10.1. The predicted octanol–water partition coefficient (Wildman–Crippen LogP) is 2.41. The standard InChI is InChI=1S/C19H16N2O5/c1-25-18(23)13-6-3-5-12(9-13)16-11-17(22)21(20-16)15-8-4-7-14(10-15)19(24)26-2/h3-11,20H,1-2H3. The van der Waals surface area contributed by atoms with Gasteiger partial charge in [-0.2, -0.15) is 0 Å². The summed E-state index contributed by atoms with van der Waals surface area (Å²) in [4.78, 5) is 35.7. The van der Waals surface area contributed by atoms with E-state index >= 15 is 0 Å². The summed E-state index contributed by atoms with van der Waals surface area (Å²) in [6.07, 6.45) is 0. The van der Waals surface area contributed by atoms with Crippen LogP contribution in [0.3, 0.4) is 0 Å². The number of benzene rings is 2. The lowest BCUT2D eigenvalue weighted by Gasteiger charge is -2.05. The highest BCUT2D eigenvalue weighted by Crippen LogP contribution is 2.19. The van der Waals surface area contributed by atoms with Gasteiger partial charge in [-0.3, -0.25) is 9.89 Å². The number of hydrogen-bond acceptors (Lipinski definition) is 5. The number of nitrogens with zero attached hydrogens (tertiary/aromatic N) is 1. The van der Waals surface area contributed by atoms with Crippen LogP contribution < -0.4 is 5.56 Å². The molecule has 0 spiro atoms. The molecule has 0 amide bonds. The van der Waals surface area contributed by atoms with Gasteiger partial charge >= 0.3 is 11.9 Å².